The smallest absolute Gasteiger partial charge is 0.264 e. The highest BCUT2D eigenvalue weighted by molar-refractivity contribution is 7.92. The van der Waals surface area contributed by atoms with Gasteiger partial charge in [-0.25, -0.2) is 13.8 Å². The van der Waals surface area contributed by atoms with Crippen LogP contribution < -0.4 is 9.73 Å². The third kappa shape index (κ3) is 5.12. The van der Waals surface area contributed by atoms with E-state index in [0.717, 1.165) is 21.0 Å². The van der Waals surface area contributed by atoms with E-state index in [4.69, 9.17) is 0 Å². The van der Waals surface area contributed by atoms with Crippen LogP contribution in [-0.4, -0.2) is 27.1 Å². The van der Waals surface area contributed by atoms with Gasteiger partial charge in [0.05, 0.1) is 16.8 Å². The molecule has 0 aliphatic rings. The van der Waals surface area contributed by atoms with Crippen molar-refractivity contribution in [2.75, 3.05) is 10.8 Å². The second-order valence-electron chi connectivity index (χ2n) is 6.82. The van der Waals surface area contributed by atoms with Gasteiger partial charge in [0.15, 0.2) is 0 Å². The normalized spacial score (nSPS) is 11.4. The Labute approximate surface area is 176 Å². The highest BCUT2D eigenvalue weighted by atomic mass is 32.2. The lowest BCUT2D eigenvalue weighted by molar-refractivity contribution is -0.119. The van der Waals surface area contributed by atoms with E-state index in [1.54, 1.807) is 49.4 Å². The molecule has 0 spiro atoms. The van der Waals surface area contributed by atoms with Crippen LogP contribution in [0.15, 0.2) is 88.9 Å². The topological polar surface area (TPSA) is 78.8 Å². The number of nitrogens with one attached hydrogen (secondary N) is 1. The van der Waals surface area contributed by atoms with E-state index < -0.39 is 22.5 Å². The number of nitrogens with zero attached hydrogens (tertiary/aromatic N) is 2. The molecule has 154 valence electrons. The van der Waals surface area contributed by atoms with Gasteiger partial charge in [-0.1, -0.05) is 66.2 Å². The fourth-order valence-corrected chi connectivity index (χ4v) is 4.35. The van der Waals surface area contributed by atoms with E-state index in [2.05, 4.69) is 10.5 Å². The van der Waals surface area contributed by atoms with E-state index in [0.29, 0.717) is 5.69 Å². The number of rotatable bonds is 7. The van der Waals surface area contributed by atoms with Gasteiger partial charge in [0.25, 0.3) is 15.9 Å². The van der Waals surface area contributed by atoms with Crippen molar-refractivity contribution < 1.29 is 13.2 Å². The summed E-state index contributed by atoms with van der Waals surface area (Å²) in [5, 5.41) is 3.93. The van der Waals surface area contributed by atoms with E-state index in [1.807, 2.05) is 43.3 Å². The molecule has 0 saturated carbocycles. The van der Waals surface area contributed by atoms with E-state index in [1.165, 1.54) is 6.21 Å². The molecule has 3 aromatic carbocycles. The molecule has 1 amide bonds. The highest BCUT2D eigenvalue weighted by Crippen LogP contribution is 2.26. The fourth-order valence-electron chi connectivity index (χ4n) is 2.86. The summed E-state index contributed by atoms with van der Waals surface area (Å²) < 4.78 is 27.8. The second-order valence-corrected chi connectivity index (χ2v) is 8.68. The molecule has 0 aromatic heterocycles. The van der Waals surface area contributed by atoms with Crippen molar-refractivity contribution in [1.82, 2.24) is 5.43 Å². The zero-order chi connectivity index (χ0) is 21.6. The van der Waals surface area contributed by atoms with Crippen LogP contribution in [-0.2, 0) is 14.8 Å². The van der Waals surface area contributed by atoms with Crippen LogP contribution in [0.25, 0.3) is 0 Å². The number of hydrogen-bond acceptors (Lipinski definition) is 4. The molecule has 0 aliphatic heterocycles. The molecule has 0 aliphatic carbocycles. The summed E-state index contributed by atoms with van der Waals surface area (Å²) in [5.41, 5.74) is 5.37. The molecule has 3 aromatic rings. The van der Waals surface area contributed by atoms with Gasteiger partial charge in [0, 0.05) is 0 Å². The minimum atomic E-state index is -3.95. The minimum absolute atomic E-state index is 0.122. The molecular weight excluding hydrogens is 398 g/mol. The van der Waals surface area contributed by atoms with E-state index in [-0.39, 0.29) is 4.90 Å². The molecule has 3 rings (SSSR count). The second kappa shape index (κ2) is 9.37. The van der Waals surface area contributed by atoms with Gasteiger partial charge in [0.2, 0.25) is 0 Å². The number of amides is 1. The molecular formula is C23H23N3O3S. The summed E-state index contributed by atoms with van der Waals surface area (Å²) in [6.45, 7) is 3.29. The fraction of sp³-hybridized carbons (Fsp3) is 0.130. The molecule has 1 N–H and O–H groups in total. The molecule has 30 heavy (non-hydrogen) atoms. The van der Waals surface area contributed by atoms with Gasteiger partial charge in [-0.2, -0.15) is 5.10 Å². The zero-order valence-electron chi connectivity index (χ0n) is 16.8. The Morgan fingerprint density at radius 2 is 1.57 bits per heavy atom. The van der Waals surface area contributed by atoms with Gasteiger partial charge in [-0.15, -0.1) is 0 Å². The van der Waals surface area contributed by atoms with Crippen LogP contribution in [0.3, 0.4) is 0 Å². The van der Waals surface area contributed by atoms with Crippen molar-refractivity contribution in [3.8, 4) is 0 Å². The average molecular weight is 422 g/mol. The molecule has 6 nitrogen and oxygen atoms in total. The van der Waals surface area contributed by atoms with Gasteiger partial charge in [-0.05, 0) is 43.2 Å². The van der Waals surface area contributed by atoms with Crippen molar-refractivity contribution in [2.45, 2.75) is 18.7 Å². The largest absolute Gasteiger partial charge is 0.271 e. The maximum absolute atomic E-state index is 13.3. The summed E-state index contributed by atoms with van der Waals surface area (Å²) in [7, 11) is -3.95. The Bertz CT molecular complexity index is 1140. The maximum Gasteiger partial charge on any atom is 0.264 e. The lowest BCUT2D eigenvalue weighted by Gasteiger charge is -2.25. The molecule has 0 fully saturated rings. The van der Waals surface area contributed by atoms with Crippen molar-refractivity contribution in [2.24, 2.45) is 5.10 Å². The van der Waals surface area contributed by atoms with Crippen molar-refractivity contribution in [3.63, 3.8) is 0 Å². The quantitative estimate of drug-likeness (QED) is 0.467. The standard InChI is InChI=1S/C23H23N3O3S/c1-18-12-14-21(15-13-18)30(28,29)26(22-11-7-6-8-19(22)2)17-23(27)25-24-16-20-9-4-3-5-10-20/h3-16H,17H2,1-2H3,(H,25,27)/b24-16+. The predicted molar refractivity (Wildman–Crippen MR) is 119 cm³/mol. The third-order valence-electron chi connectivity index (χ3n) is 4.48. The van der Waals surface area contributed by atoms with Crippen molar-refractivity contribution in [3.05, 3.63) is 95.6 Å². The number of sulfonamides is 1. The van der Waals surface area contributed by atoms with Gasteiger partial charge in [0.1, 0.15) is 6.54 Å². The summed E-state index contributed by atoms with van der Waals surface area (Å²) in [6.07, 6.45) is 1.50. The van der Waals surface area contributed by atoms with Crippen LogP contribution in [0.1, 0.15) is 16.7 Å². The van der Waals surface area contributed by atoms with E-state index in [9.17, 15) is 13.2 Å². The predicted octanol–water partition coefficient (Wildman–Crippen LogP) is 3.65. The summed E-state index contributed by atoms with van der Waals surface area (Å²) in [4.78, 5) is 12.7. The Morgan fingerprint density at radius 1 is 0.933 bits per heavy atom. The monoisotopic (exact) mass is 421 g/mol. The van der Waals surface area contributed by atoms with Crippen LogP contribution in [0.2, 0.25) is 0 Å². The molecule has 0 heterocycles. The lowest BCUT2D eigenvalue weighted by Crippen LogP contribution is -2.40. The summed E-state index contributed by atoms with van der Waals surface area (Å²) in [6, 6.07) is 22.9. The molecule has 7 heteroatoms. The Balaban J connectivity index is 1.87. The average Bonchev–Trinajstić information content (AvgIpc) is 2.74. The number of para-hydroxylation sites is 1. The Morgan fingerprint density at radius 3 is 2.23 bits per heavy atom. The van der Waals surface area contributed by atoms with Crippen LogP contribution in [0, 0.1) is 13.8 Å². The van der Waals surface area contributed by atoms with Crippen LogP contribution >= 0.6 is 0 Å². The SMILES string of the molecule is Cc1ccc(S(=O)(=O)N(CC(=O)N/N=C/c2ccccc2)c2ccccc2C)cc1. The maximum atomic E-state index is 13.3. The first-order chi connectivity index (χ1) is 14.4. The number of aryl methyl sites for hydroxylation is 2. The highest BCUT2D eigenvalue weighted by Gasteiger charge is 2.28. The molecule has 0 bridgehead atoms. The van der Waals surface area contributed by atoms with Crippen molar-refractivity contribution >= 4 is 27.8 Å². The van der Waals surface area contributed by atoms with Crippen LogP contribution in [0.5, 0.6) is 0 Å². The number of carbonyl (C=O) groups is 1. The first kappa shape index (κ1) is 21.3. The Hall–Kier alpha value is -3.45. The third-order valence-corrected chi connectivity index (χ3v) is 6.26. The summed E-state index contributed by atoms with van der Waals surface area (Å²) >= 11 is 0. The number of benzene rings is 3. The van der Waals surface area contributed by atoms with Gasteiger partial charge < -0.3 is 0 Å². The summed E-state index contributed by atoms with van der Waals surface area (Å²) in [5.74, 6) is -0.541. The number of anilines is 1. The first-order valence-corrected chi connectivity index (χ1v) is 10.8. The lowest BCUT2D eigenvalue weighted by atomic mass is 10.2. The van der Waals surface area contributed by atoms with E-state index >= 15 is 0 Å². The molecule has 0 saturated heterocycles. The first-order valence-electron chi connectivity index (χ1n) is 9.40. The molecule has 0 radical (unpaired) electrons. The minimum Gasteiger partial charge on any atom is -0.271 e. The molecule has 0 unspecified atom stereocenters. The van der Waals surface area contributed by atoms with Gasteiger partial charge >= 0.3 is 0 Å². The number of hydrazone groups is 1. The Kier molecular flexibility index (Phi) is 6.64. The van der Waals surface area contributed by atoms with Crippen LogP contribution in [0.4, 0.5) is 5.69 Å². The zero-order valence-corrected chi connectivity index (χ0v) is 17.6. The van der Waals surface area contributed by atoms with Gasteiger partial charge in [-0.3, -0.25) is 9.10 Å². The number of carbonyl (C=O) groups excluding carboxylic acids is 1. The van der Waals surface area contributed by atoms with Crippen molar-refractivity contribution in [1.29, 1.82) is 0 Å². The molecule has 0 atom stereocenters. The number of hydrogen-bond donors (Lipinski definition) is 1.